The predicted octanol–water partition coefficient (Wildman–Crippen LogP) is 4.88. The van der Waals surface area contributed by atoms with Crippen molar-refractivity contribution in [2.75, 3.05) is 7.11 Å². The van der Waals surface area contributed by atoms with Gasteiger partial charge in [-0.15, -0.1) is 5.10 Å². The van der Waals surface area contributed by atoms with Crippen LogP contribution in [-0.4, -0.2) is 48.5 Å². The van der Waals surface area contributed by atoms with E-state index >= 15 is 0 Å². The van der Waals surface area contributed by atoms with Crippen LogP contribution in [0.15, 0.2) is 29.5 Å². The van der Waals surface area contributed by atoms with Gasteiger partial charge in [0.05, 0.1) is 12.7 Å². The number of ether oxygens (including phenoxy) is 2. The number of phenolic OH excluding ortho intramolecular Hbond substituents is 1. The average Bonchev–Trinajstić information content (AvgIpc) is 3.56. The Bertz CT molecular complexity index is 1410. The van der Waals surface area contributed by atoms with Crippen LogP contribution >= 0.6 is 0 Å². The number of rotatable bonds is 8. The Kier molecular flexibility index (Phi) is 7.03. The van der Waals surface area contributed by atoms with Crippen molar-refractivity contribution in [1.82, 2.24) is 19.6 Å². The highest BCUT2D eigenvalue weighted by Crippen LogP contribution is 2.46. The molecule has 2 aromatic heterocycles. The zero-order valence-corrected chi connectivity index (χ0v) is 22.6. The highest BCUT2D eigenvalue weighted by atomic mass is 16.6. The number of carbonyl (C=O) groups is 1. The largest absolute Gasteiger partial charge is 0.512 e. The third-order valence-electron chi connectivity index (χ3n) is 8.13. The predicted molar refractivity (Wildman–Crippen MR) is 141 cm³/mol. The Labute approximate surface area is 222 Å². The van der Waals surface area contributed by atoms with Gasteiger partial charge in [0.2, 0.25) is 0 Å². The summed E-state index contributed by atoms with van der Waals surface area (Å²) < 4.78 is 13.5. The highest BCUT2D eigenvalue weighted by Gasteiger charge is 2.48. The summed E-state index contributed by atoms with van der Waals surface area (Å²) in [6.45, 7) is 5.82. The van der Waals surface area contributed by atoms with Crippen molar-refractivity contribution in [2.24, 2.45) is 5.92 Å². The van der Waals surface area contributed by atoms with Gasteiger partial charge in [0.15, 0.2) is 5.82 Å². The number of hydrogen-bond acceptors (Lipinski definition) is 8. The summed E-state index contributed by atoms with van der Waals surface area (Å²) in [4.78, 5) is 22.3. The number of methoxy groups -OCH3 is 1. The second-order valence-electron chi connectivity index (χ2n) is 10.6. The molecule has 38 heavy (non-hydrogen) atoms. The van der Waals surface area contributed by atoms with Gasteiger partial charge in [-0.05, 0) is 75.1 Å². The summed E-state index contributed by atoms with van der Waals surface area (Å²) in [6.07, 6.45) is 6.29. The Morgan fingerprint density at radius 3 is 2.58 bits per heavy atom. The molecule has 3 aromatic rings. The summed E-state index contributed by atoms with van der Waals surface area (Å²) in [7, 11) is 1.59. The topological polar surface area (TPSA) is 119 Å². The Morgan fingerprint density at radius 2 is 1.89 bits per heavy atom. The lowest BCUT2D eigenvalue weighted by molar-refractivity contribution is -0.167. The fraction of sp³-hybridized carbons (Fsp3) is 0.517. The smallest absolute Gasteiger partial charge is 0.338 e. The number of fused-ring (bicyclic) bond motifs is 1. The molecule has 3 heterocycles. The maximum absolute atomic E-state index is 13.4. The molecule has 1 atom stereocenters. The van der Waals surface area contributed by atoms with Gasteiger partial charge >= 0.3 is 5.97 Å². The molecule has 0 saturated heterocycles. The first kappa shape index (κ1) is 26.0. The number of aromatic hydroxyl groups is 1. The van der Waals surface area contributed by atoms with Gasteiger partial charge in [0.1, 0.15) is 22.9 Å². The molecule has 9 heteroatoms. The minimum absolute atomic E-state index is 0.0554. The molecule has 202 valence electrons. The lowest BCUT2D eigenvalue weighted by Gasteiger charge is -2.42. The van der Waals surface area contributed by atoms with E-state index in [0.29, 0.717) is 36.6 Å². The standard InChI is InChI=1S/C29H36N4O5/c1-5-19-13-20(25(37-4)15-23(19)34)10-11-29(21-8-6-7-9-21)16-24(35)22(27(36)38-29)14-26-31-28-30-17(2)12-18(3)33(28)32-26/h12-13,15,21,34-35H,5-11,14,16H2,1-4H3. The molecule has 1 fully saturated rings. The first-order valence-corrected chi connectivity index (χ1v) is 13.5. The van der Waals surface area contributed by atoms with E-state index in [-0.39, 0.29) is 35.8 Å². The molecule has 0 bridgehead atoms. The fourth-order valence-electron chi connectivity index (χ4n) is 6.11. The number of cyclic esters (lactones) is 1. The van der Waals surface area contributed by atoms with Crippen molar-refractivity contribution in [3.8, 4) is 11.5 Å². The molecule has 1 saturated carbocycles. The molecule has 0 spiro atoms. The van der Waals surface area contributed by atoms with E-state index in [1.54, 1.807) is 17.7 Å². The van der Waals surface area contributed by atoms with E-state index in [9.17, 15) is 15.0 Å². The summed E-state index contributed by atoms with van der Waals surface area (Å²) in [6, 6.07) is 5.54. The quantitative estimate of drug-likeness (QED) is 0.403. The average molecular weight is 521 g/mol. The molecule has 5 rings (SSSR count). The van der Waals surface area contributed by atoms with E-state index in [1.165, 1.54) is 0 Å². The van der Waals surface area contributed by atoms with E-state index < -0.39 is 11.6 Å². The van der Waals surface area contributed by atoms with Crippen molar-refractivity contribution in [1.29, 1.82) is 0 Å². The Balaban J connectivity index is 1.43. The number of aromatic nitrogens is 4. The van der Waals surface area contributed by atoms with Crippen LogP contribution in [0, 0.1) is 19.8 Å². The number of benzene rings is 1. The first-order valence-electron chi connectivity index (χ1n) is 13.5. The molecule has 2 aliphatic rings. The number of phenols is 1. The minimum Gasteiger partial charge on any atom is -0.512 e. The molecule has 2 N–H and O–H groups in total. The van der Waals surface area contributed by atoms with E-state index in [4.69, 9.17) is 9.47 Å². The summed E-state index contributed by atoms with van der Waals surface area (Å²) in [5.41, 5.74) is 2.95. The fourth-order valence-corrected chi connectivity index (χ4v) is 6.11. The number of aryl methyl sites for hydroxylation is 4. The normalized spacial score (nSPS) is 20.4. The molecule has 1 aromatic carbocycles. The van der Waals surface area contributed by atoms with Crippen LogP contribution in [0.25, 0.3) is 5.78 Å². The van der Waals surface area contributed by atoms with Crippen LogP contribution < -0.4 is 4.74 Å². The van der Waals surface area contributed by atoms with E-state index in [0.717, 1.165) is 48.2 Å². The van der Waals surface area contributed by atoms with Crippen molar-refractivity contribution in [3.63, 3.8) is 0 Å². The maximum Gasteiger partial charge on any atom is 0.338 e. The van der Waals surface area contributed by atoms with Crippen LogP contribution in [0.2, 0.25) is 0 Å². The number of aliphatic hydroxyl groups is 1. The van der Waals surface area contributed by atoms with E-state index in [2.05, 4.69) is 15.1 Å². The van der Waals surface area contributed by atoms with Gasteiger partial charge in [0.25, 0.3) is 5.78 Å². The van der Waals surface area contributed by atoms with Gasteiger partial charge in [-0.25, -0.2) is 14.3 Å². The lowest BCUT2D eigenvalue weighted by Crippen LogP contribution is -2.46. The van der Waals surface area contributed by atoms with Crippen LogP contribution in [0.5, 0.6) is 11.5 Å². The minimum atomic E-state index is -0.794. The number of hydrogen-bond donors (Lipinski definition) is 2. The SMILES string of the molecule is CCc1cc(CCC2(C3CCCC3)CC(O)=C(Cc3nc4nc(C)cc(C)n4n3)C(=O)O2)c(OC)cc1O. The van der Waals surface area contributed by atoms with E-state index in [1.807, 2.05) is 32.9 Å². The van der Waals surface area contributed by atoms with Gasteiger partial charge in [-0.3, -0.25) is 0 Å². The third kappa shape index (κ3) is 4.81. The zero-order valence-electron chi connectivity index (χ0n) is 22.6. The van der Waals surface area contributed by atoms with Crippen LogP contribution in [0.3, 0.4) is 0 Å². The molecule has 0 amide bonds. The maximum atomic E-state index is 13.4. The summed E-state index contributed by atoms with van der Waals surface area (Å²) in [5.74, 6) is 1.43. The van der Waals surface area contributed by atoms with Crippen molar-refractivity contribution in [2.45, 2.75) is 84.2 Å². The van der Waals surface area contributed by atoms with Crippen LogP contribution in [0.4, 0.5) is 0 Å². The summed E-state index contributed by atoms with van der Waals surface area (Å²) in [5, 5.41) is 26.0. The number of nitrogens with zero attached hydrogens (tertiary/aromatic N) is 4. The molecule has 0 radical (unpaired) electrons. The molecule has 1 unspecified atom stereocenters. The zero-order chi connectivity index (χ0) is 27.0. The van der Waals surface area contributed by atoms with Crippen molar-refractivity contribution in [3.05, 3.63) is 57.9 Å². The van der Waals surface area contributed by atoms with Crippen LogP contribution in [-0.2, 0) is 28.8 Å². The molecular weight excluding hydrogens is 484 g/mol. The van der Waals surface area contributed by atoms with Crippen molar-refractivity contribution < 1.29 is 24.5 Å². The molecule has 1 aliphatic heterocycles. The molecular formula is C29H36N4O5. The van der Waals surface area contributed by atoms with Gasteiger partial charge < -0.3 is 19.7 Å². The Hall–Kier alpha value is -3.62. The molecule has 9 nitrogen and oxygen atoms in total. The Morgan fingerprint density at radius 1 is 1.13 bits per heavy atom. The van der Waals surface area contributed by atoms with Gasteiger partial charge in [0, 0.05) is 30.3 Å². The number of esters is 1. The monoisotopic (exact) mass is 520 g/mol. The van der Waals surface area contributed by atoms with Crippen molar-refractivity contribution >= 4 is 11.7 Å². The lowest BCUT2D eigenvalue weighted by atomic mass is 9.76. The van der Waals surface area contributed by atoms with Gasteiger partial charge in [-0.2, -0.15) is 4.98 Å². The highest BCUT2D eigenvalue weighted by molar-refractivity contribution is 5.90. The first-order chi connectivity index (χ1) is 18.2. The number of aliphatic hydroxyl groups excluding tert-OH is 1. The summed E-state index contributed by atoms with van der Waals surface area (Å²) >= 11 is 0. The third-order valence-corrected chi connectivity index (χ3v) is 8.13. The van der Waals surface area contributed by atoms with Gasteiger partial charge in [-0.1, -0.05) is 19.8 Å². The molecule has 1 aliphatic carbocycles. The second-order valence-corrected chi connectivity index (χ2v) is 10.6. The number of carbonyl (C=O) groups excluding carboxylic acids is 1. The van der Waals surface area contributed by atoms with Crippen LogP contribution in [0.1, 0.15) is 73.8 Å². The second kappa shape index (κ2) is 10.3.